The highest BCUT2D eigenvalue weighted by Crippen LogP contribution is 2.39. The van der Waals surface area contributed by atoms with Crippen molar-refractivity contribution in [3.05, 3.63) is 87.7 Å². The van der Waals surface area contributed by atoms with E-state index in [0.29, 0.717) is 35.3 Å². The number of carbonyl (C=O) groups is 1. The van der Waals surface area contributed by atoms with Crippen LogP contribution in [0.4, 0.5) is 10.7 Å². The first-order valence-corrected chi connectivity index (χ1v) is 11.9. The maximum absolute atomic E-state index is 13.2. The highest BCUT2D eigenvalue weighted by molar-refractivity contribution is 7.18. The van der Waals surface area contributed by atoms with Crippen LogP contribution in [0.5, 0.6) is 0 Å². The SMILES string of the molecule is Cc1cc(=O)[nH]c(-c2cccc(NC(=O)c3cc(-c4ccccc4)c(N4CCOCC4)s3)c2)n1. The van der Waals surface area contributed by atoms with Crippen molar-refractivity contribution in [2.75, 3.05) is 36.5 Å². The van der Waals surface area contributed by atoms with E-state index in [-0.39, 0.29) is 11.5 Å². The van der Waals surface area contributed by atoms with E-state index in [1.54, 1.807) is 6.92 Å². The second kappa shape index (κ2) is 9.62. The maximum Gasteiger partial charge on any atom is 0.265 e. The molecule has 2 N–H and O–H groups in total. The Morgan fingerprint density at radius 1 is 1.03 bits per heavy atom. The summed E-state index contributed by atoms with van der Waals surface area (Å²) in [5.41, 5.74) is 3.91. The van der Waals surface area contributed by atoms with Gasteiger partial charge in [-0.2, -0.15) is 0 Å². The van der Waals surface area contributed by atoms with Gasteiger partial charge in [0.1, 0.15) is 5.82 Å². The number of rotatable bonds is 5. The molecule has 0 bridgehead atoms. The molecule has 1 saturated heterocycles. The minimum Gasteiger partial charge on any atom is -0.378 e. The molecule has 8 heteroatoms. The number of H-pyrrole nitrogens is 1. The zero-order valence-corrected chi connectivity index (χ0v) is 19.5. The highest BCUT2D eigenvalue weighted by atomic mass is 32.1. The van der Waals surface area contributed by atoms with Gasteiger partial charge in [0.25, 0.3) is 11.5 Å². The van der Waals surface area contributed by atoms with Crippen LogP contribution in [0.15, 0.2) is 71.5 Å². The van der Waals surface area contributed by atoms with E-state index in [4.69, 9.17) is 4.74 Å². The summed E-state index contributed by atoms with van der Waals surface area (Å²) >= 11 is 1.49. The first-order chi connectivity index (χ1) is 16.6. The Balaban J connectivity index is 1.44. The molecule has 1 aliphatic heterocycles. The molecule has 34 heavy (non-hydrogen) atoms. The van der Waals surface area contributed by atoms with Crippen LogP contribution in [-0.2, 0) is 4.74 Å². The van der Waals surface area contributed by atoms with Crippen molar-refractivity contribution in [1.82, 2.24) is 9.97 Å². The Kier molecular flexibility index (Phi) is 6.24. The summed E-state index contributed by atoms with van der Waals surface area (Å²) in [5, 5.41) is 4.08. The number of morpholine rings is 1. The van der Waals surface area contributed by atoms with E-state index in [9.17, 15) is 9.59 Å². The zero-order valence-electron chi connectivity index (χ0n) is 18.7. The summed E-state index contributed by atoms with van der Waals surface area (Å²) in [4.78, 5) is 35.1. The third-order valence-electron chi connectivity index (χ3n) is 5.58. The average molecular weight is 473 g/mol. The van der Waals surface area contributed by atoms with Crippen molar-refractivity contribution < 1.29 is 9.53 Å². The van der Waals surface area contributed by atoms with Gasteiger partial charge in [0.05, 0.1) is 23.1 Å². The van der Waals surface area contributed by atoms with E-state index >= 15 is 0 Å². The van der Waals surface area contributed by atoms with Gasteiger partial charge in [-0.05, 0) is 30.7 Å². The number of aromatic nitrogens is 2. The van der Waals surface area contributed by atoms with Crippen LogP contribution < -0.4 is 15.8 Å². The normalized spacial score (nSPS) is 13.6. The number of aryl methyl sites for hydroxylation is 1. The molecule has 0 spiro atoms. The van der Waals surface area contributed by atoms with Crippen molar-refractivity contribution in [3.63, 3.8) is 0 Å². The number of anilines is 2. The van der Waals surface area contributed by atoms with Crippen LogP contribution in [0, 0.1) is 6.92 Å². The van der Waals surface area contributed by atoms with Crippen molar-refractivity contribution in [3.8, 4) is 22.5 Å². The van der Waals surface area contributed by atoms with Gasteiger partial charge in [-0.3, -0.25) is 9.59 Å². The van der Waals surface area contributed by atoms with Crippen molar-refractivity contribution in [2.24, 2.45) is 0 Å². The van der Waals surface area contributed by atoms with E-state index < -0.39 is 0 Å². The molecule has 2 aromatic carbocycles. The van der Waals surface area contributed by atoms with E-state index in [1.165, 1.54) is 17.4 Å². The molecule has 1 amide bonds. The number of amides is 1. The molecule has 1 fully saturated rings. The third-order valence-corrected chi connectivity index (χ3v) is 6.78. The van der Waals surface area contributed by atoms with Crippen LogP contribution in [-0.4, -0.2) is 42.2 Å². The van der Waals surface area contributed by atoms with Gasteiger partial charge in [-0.25, -0.2) is 4.98 Å². The lowest BCUT2D eigenvalue weighted by Gasteiger charge is -2.28. The number of hydrogen-bond donors (Lipinski definition) is 2. The lowest BCUT2D eigenvalue weighted by molar-refractivity contribution is 0.103. The van der Waals surface area contributed by atoms with Gasteiger partial charge < -0.3 is 19.9 Å². The summed E-state index contributed by atoms with van der Waals surface area (Å²) in [6.45, 7) is 4.72. The lowest BCUT2D eigenvalue weighted by Crippen LogP contribution is -2.35. The monoisotopic (exact) mass is 472 g/mol. The Morgan fingerprint density at radius 3 is 2.56 bits per heavy atom. The lowest BCUT2D eigenvalue weighted by atomic mass is 10.1. The molecule has 0 saturated carbocycles. The minimum absolute atomic E-state index is 0.176. The molecule has 0 radical (unpaired) electrons. The molecular weight excluding hydrogens is 448 g/mol. The summed E-state index contributed by atoms with van der Waals surface area (Å²) in [6, 6.07) is 20.8. The Bertz CT molecular complexity index is 1370. The van der Waals surface area contributed by atoms with E-state index in [2.05, 4.69) is 32.3 Å². The maximum atomic E-state index is 13.2. The quantitative estimate of drug-likeness (QED) is 0.445. The van der Waals surface area contributed by atoms with Gasteiger partial charge in [-0.1, -0.05) is 42.5 Å². The molecule has 4 aromatic rings. The number of aromatic amines is 1. The fourth-order valence-corrected chi connectivity index (χ4v) is 5.10. The molecule has 172 valence electrons. The molecule has 2 aromatic heterocycles. The molecule has 7 nitrogen and oxygen atoms in total. The summed E-state index contributed by atoms with van der Waals surface area (Å²) in [6.07, 6.45) is 0. The average Bonchev–Trinajstić information content (AvgIpc) is 3.31. The molecule has 0 atom stereocenters. The van der Waals surface area contributed by atoms with Crippen molar-refractivity contribution in [2.45, 2.75) is 6.92 Å². The fraction of sp³-hybridized carbons (Fsp3) is 0.192. The summed E-state index contributed by atoms with van der Waals surface area (Å²) < 4.78 is 5.52. The number of nitrogens with one attached hydrogen (secondary N) is 2. The molecular formula is C26H24N4O3S. The molecule has 0 unspecified atom stereocenters. The third kappa shape index (κ3) is 4.78. The molecule has 5 rings (SSSR count). The minimum atomic E-state index is -0.209. The summed E-state index contributed by atoms with van der Waals surface area (Å²) in [7, 11) is 0. The molecule has 3 heterocycles. The smallest absolute Gasteiger partial charge is 0.265 e. The van der Waals surface area contributed by atoms with Crippen LogP contribution >= 0.6 is 11.3 Å². The van der Waals surface area contributed by atoms with E-state index in [0.717, 1.165) is 34.8 Å². The second-order valence-corrected chi connectivity index (χ2v) is 9.10. The zero-order chi connectivity index (χ0) is 23.5. The topological polar surface area (TPSA) is 87.3 Å². The number of nitrogens with zero attached hydrogens (tertiary/aromatic N) is 2. The van der Waals surface area contributed by atoms with Crippen LogP contribution in [0.25, 0.3) is 22.5 Å². The number of ether oxygens (including phenoxy) is 1. The Morgan fingerprint density at radius 2 is 1.79 bits per heavy atom. The molecule has 1 aliphatic rings. The largest absolute Gasteiger partial charge is 0.378 e. The first-order valence-electron chi connectivity index (χ1n) is 11.1. The van der Waals surface area contributed by atoms with Crippen LogP contribution in [0.3, 0.4) is 0 Å². The first kappa shape index (κ1) is 22.1. The highest BCUT2D eigenvalue weighted by Gasteiger charge is 2.22. The fourth-order valence-electron chi connectivity index (χ4n) is 3.97. The van der Waals surface area contributed by atoms with Crippen LogP contribution in [0.2, 0.25) is 0 Å². The standard InChI is InChI=1S/C26H24N4O3S/c1-17-14-23(31)29-24(27-17)19-8-5-9-20(15-19)28-25(32)22-16-21(18-6-3-2-4-7-18)26(34-22)30-10-12-33-13-11-30/h2-9,14-16H,10-13H2,1H3,(H,28,32)(H,27,29,31). The van der Waals surface area contributed by atoms with Crippen molar-refractivity contribution >= 4 is 27.9 Å². The van der Waals surface area contributed by atoms with Gasteiger partial charge in [0.15, 0.2) is 0 Å². The Labute approximate surface area is 201 Å². The number of carbonyl (C=O) groups excluding carboxylic acids is 1. The Hall–Kier alpha value is -3.75. The van der Waals surface area contributed by atoms with Gasteiger partial charge in [0.2, 0.25) is 0 Å². The van der Waals surface area contributed by atoms with Gasteiger partial charge >= 0.3 is 0 Å². The number of hydrogen-bond acceptors (Lipinski definition) is 6. The van der Waals surface area contributed by atoms with E-state index in [1.807, 2.05) is 48.5 Å². The van der Waals surface area contributed by atoms with Gasteiger partial charge in [-0.15, -0.1) is 11.3 Å². The molecule has 0 aliphatic carbocycles. The van der Waals surface area contributed by atoms with Gasteiger partial charge in [0, 0.05) is 41.7 Å². The predicted octanol–water partition coefficient (Wildman–Crippen LogP) is 4.56. The second-order valence-electron chi connectivity index (χ2n) is 8.07. The van der Waals surface area contributed by atoms with Crippen LogP contribution in [0.1, 0.15) is 15.4 Å². The van der Waals surface area contributed by atoms with Crippen molar-refractivity contribution in [1.29, 1.82) is 0 Å². The number of thiophene rings is 1. The number of benzene rings is 2. The summed E-state index contributed by atoms with van der Waals surface area (Å²) in [5.74, 6) is 0.294. The predicted molar refractivity (Wildman–Crippen MR) is 136 cm³/mol.